The lowest BCUT2D eigenvalue weighted by atomic mass is 9.85. The maximum absolute atomic E-state index is 13.7. The molecule has 0 saturated carbocycles. The van der Waals surface area contributed by atoms with Crippen molar-refractivity contribution in [3.05, 3.63) is 120 Å². The molecule has 1 aliphatic heterocycles. The summed E-state index contributed by atoms with van der Waals surface area (Å²) in [5.41, 5.74) is 6.94. The number of benzene rings is 6. The van der Waals surface area contributed by atoms with Gasteiger partial charge in [0.2, 0.25) is 0 Å². The molecule has 39 heavy (non-hydrogen) atoms. The summed E-state index contributed by atoms with van der Waals surface area (Å²) in [4.78, 5) is 11.2. The summed E-state index contributed by atoms with van der Waals surface area (Å²) in [6.45, 7) is 4.06. The van der Waals surface area contributed by atoms with Gasteiger partial charge in [-0.3, -0.25) is 4.89 Å². The lowest BCUT2D eigenvalue weighted by Crippen LogP contribution is -2.00. The molecule has 1 aliphatic rings. The van der Waals surface area contributed by atoms with E-state index in [-0.39, 0.29) is 0 Å². The number of aryl methyl sites for hydroxylation is 2. The average Bonchev–Trinajstić information content (AvgIpc) is 3.06. The molecule has 6 aromatic rings. The Kier molecular flexibility index (Phi) is 5.38. The Hall–Kier alpha value is -4.37. The Labute approximate surface area is 226 Å². The molecule has 0 atom stereocenters. The second-order valence-corrected chi connectivity index (χ2v) is 11.3. The fraction of sp³-hybridized carbons (Fsp3) is 0.0588. The van der Waals surface area contributed by atoms with Crippen LogP contribution in [0.2, 0.25) is 0 Å². The highest BCUT2D eigenvalue weighted by molar-refractivity contribution is 7.48. The minimum atomic E-state index is -4.58. The van der Waals surface area contributed by atoms with E-state index in [1.54, 1.807) is 0 Å². The molecular formula is C34H25O4P. The van der Waals surface area contributed by atoms with Crippen molar-refractivity contribution < 1.29 is 18.5 Å². The van der Waals surface area contributed by atoms with E-state index >= 15 is 0 Å². The SMILES string of the molecule is Cc1ccccc1-c1cc2ccccc2c2c1OP(=O)(O)Oc1c(-c3ccccc3C)cc3ccccc3c1-2. The van der Waals surface area contributed by atoms with E-state index in [9.17, 15) is 9.46 Å². The van der Waals surface area contributed by atoms with Crippen molar-refractivity contribution in [3.8, 4) is 44.9 Å². The van der Waals surface area contributed by atoms with Crippen molar-refractivity contribution in [3.63, 3.8) is 0 Å². The zero-order valence-corrected chi connectivity index (χ0v) is 22.4. The van der Waals surface area contributed by atoms with E-state index in [0.717, 1.165) is 66.1 Å². The molecule has 1 N–H and O–H groups in total. The van der Waals surface area contributed by atoms with Gasteiger partial charge in [0.25, 0.3) is 0 Å². The van der Waals surface area contributed by atoms with Crippen LogP contribution >= 0.6 is 7.82 Å². The van der Waals surface area contributed by atoms with Crippen LogP contribution in [-0.2, 0) is 4.57 Å². The summed E-state index contributed by atoms with van der Waals surface area (Å²) >= 11 is 0. The predicted octanol–water partition coefficient (Wildman–Crippen LogP) is 9.48. The lowest BCUT2D eigenvalue weighted by molar-refractivity contribution is 0.295. The van der Waals surface area contributed by atoms with E-state index in [1.165, 1.54) is 0 Å². The second kappa shape index (κ2) is 8.84. The monoisotopic (exact) mass is 528 g/mol. The van der Waals surface area contributed by atoms with E-state index < -0.39 is 7.82 Å². The van der Waals surface area contributed by atoms with Crippen molar-refractivity contribution >= 4 is 29.4 Å². The average molecular weight is 529 g/mol. The normalized spacial score (nSPS) is 13.7. The number of phosphoric acid groups is 1. The van der Waals surface area contributed by atoms with Crippen LogP contribution in [-0.4, -0.2) is 4.89 Å². The molecule has 7 rings (SSSR count). The summed E-state index contributed by atoms with van der Waals surface area (Å²) < 4.78 is 25.8. The van der Waals surface area contributed by atoms with Gasteiger partial charge < -0.3 is 9.05 Å². The molecule has 4 nitrogen and oxygen atoms in total. The highest BCUT2D eigenvalue weighted by atomic mass is 31.2. The number of fused-ring (bicyclic) bond motifs is 7. The molecule has 0 amide bonds. The largest absolute Gasteiger partial charge is 0.584 e. The van der Waals surface area contributed by atoms with Crippen molar-refractivity contribution in [1.29, 1.82) is 0 Å². The minimum absolute atomic E-state index is 0.347. The molecular weight excluding hydrogens is 503 g/mol. The van der Waals surface area contributed by atoms with Gasteiger partial charge in [-0.25, -0.2) is 4.57 Å². The summed E-state index contributed by atoms with van der Waals surface area (Å²) in [7, 11) is -4.58. The number of phosphoric ester groups is 1. The maximum atomic E-state index is 13.7. The zero-order valence-electron chi connectivity index (χ0n) is 21.5. The van der Waals surface area contributed by atoms with Crippen LogP contribution in [0.1, 0.15) is 11.1 Å². The molecule has 0 radical (unpaired) electrons. The third-order valence-electron chi connectivity index (χ3n) is 7.54. The molecule has 5 heteroatoms. The van der Waals surface area contributed by atoms with Gasteiger partial charge in [0.15, 0.2) is 0 Å². The molecule has 0 spiro atoms. The summed E-state index contributed by atoms with van der Waals surface area (Å²) in [5, 5.41) is 3.85. The molecule has 0 bridgehead atoms. The molecule has 0 aromatic heterocycles. The van der Waals surface area contributed by atoms with E-state index in [4.69, 9.17) is 9.05 Å². The molecule has 190 valence electrons. The van der Waals surface area contributed by atoms with Gasteiger partial charge in [-0.15, -0.1) is 0 Å². The van der Waals surface area contributed by atoms with Gasteiger partial charge in [0.05, 0.1) is 0 Å². The summed E-state index contributed by atoms with van der Waals surface area (Å²) in [5.74, 6) is 0.694. The molecule has 6 aromatic carbocycles. The Balaban J connectivity index is 1.73. The zero-order chi connectivity index (χ0) is 26.7. The summed E-state index contributed by atoms with van der Waals surface area (Å²) in [6, 6.07) is 36.2. The van der Waals surface area contributed by atoms with Crippen LogP contribution < -0.4 is 9.05 Å². The maximum Gasteiger partial charge on any atom is 0.584 e. The first-order valence-electron chi connectivity index (χ1n) is 12.9. The van der Waals surface area contributed by atoms with E-state index in [1.807, 2.05) is 111 Å². The first kappa shape index (κ1) is 23.7. The van der Waals surface area contributed by atoms with E-state index in [2.05, 4.69) is 12.1 Å². The third kappa shape index (κ3) is 3.84. The van der Waals surface area contributed by atoms with Gasteiger partial charge in [0, 0.05) is 22.3 Å². The van der Waals surface area contributed by atoms with Crippen LogP contribution in [0.4, 0.5) is 0 Å². The highest BCUT2D eigenvalue weighted by Gasteiger charge is 2.37. The standard InChI is InChI=1S/C34H25O4P/c1-21-11-3-7-15-25(21)29-19-23-13-5-9-17-27(23)31-32-28-18-10-6-14-24(28)20-30(26-16-8-4-12-22(26)2)34(32)38-39(35,36)37-33(29)31/h3-20H,1-2H3,(H,35,36). The quantitative estimate of drug-likeness (QED) is 0.227. The molecule has 0 fully saturated rings. The molecule has 0 unspecified atom stereocenters. The fourth-order valence-electron chi connectivity index (χ4n) is 5.74. The van der Waals surface area contributed by atoms with Gasteiger partial charge in [-0.1, -0.05) is 97.1 Å². The number of rotatable bonds is 2. The molecule has 0 saturated heterocycles. The van der Waals surface area contributed by atoms with Crippen molar-refractivity contribution in [2.24, 2.45) is 0 Å². The van der Waals surface area contributed by atoms with E-state index in [0.29, 0.717) is 11.5 Å². The molecule has 0 aliphatic carbocycles. The van der Waals surface area contributed by atoms with Crippen LogP contribution in [0, 0.1) is 13.8 Å². The van der Waals surface area contributed by atoms with Crippen molar-refractivity contribution in [2.75, 3.05) is 0 Å². The van der Waals surface area contributed by atoms with Crippen molar-refractivity contribution in [1.82, 2.24) is 0 Å². The van der Waals surface area contributed by atoms with Crippen molar-refractivity contribution in [2.45, 2.75) is 13.8 Å². The van der Waals surface area contributed by atoms with Crippen LogP contribution in [0.5, 0.6) is 11.5 Å². The first-order valence-corrected chi connectivity index (χ1v) is 14.4. The number of hydrogen-bond donors (Lipinski definition) is 1. The summed E-state index contributed by atoms with van der Waals surface area (Å²) in [6.07, 6.45) is 0. The lowest BCUT2D eigenvalue weighted by Gasteiger charge is -2.19. The molecule has 1 heterocycles. The Morgan fingerprint density at radius 2 is 0.923 bits per heavy atom. The first-order chi connectivity index (χ1) is 18.9. The van der Waals surface area contributed by atoms with Crippen LogP contribution in [0.15, 0.2) is 109 Å². The Bertz CT molecular complexity index is 1850. The predicted molar refractivity (Wildman–Crippen MR) is 158 cm³/mol. The minimum Gasteiger partial charge on any atom is -0.394 e. The van der Waals surface area contributed by atoms with Crippen LogP contribution in [0.3, 0.4) is 0 Å². The fourth-order valence-corrected chi connectivity index (χ4v) is 6.62. The smallest absolute Gasteiger partial charge is 0.394 e. The second-order valence-electron chi connectivity index (χ2n) is 9.98. The Morgan fingerprint density at radius 1 is 0.538 bits per heavy atom. The number of hydrogen-bond acceptors (Lipinski definition) is 3. The Morgan fingerprint density at radius 3 is 1.36 bits per heavy atom. The van der Waals surface area contributed by atoms with Gasteiger partial charge >= 0.3 is 7.82 Å². The highest BCUT2D eigenvalue weighted by Crippen LogP contribution is 2.61. The van der Waals surface area contributed by atoms with Gasteiger partial charge in [-0.2, -0.15) is 0 Å². The van der Waals surface area contributed by atoms with Gasteiger partial charge in [0.1, 0.15) is 11.5 Å². The van der Waals surface area contributed by atoms with Crippen LogP contribution in [0.25, 0.3) is 54.9 Å². The van der Waals surface area contributed by atoms with Gasteiger partial charge in [-0.05, 0) is 69.8 Å². The third-order valence-corrected chi connectivity index (χ3v) is 8.36. The topological polar surface area (TPSA) is 55.8 Å².